The number of nitrogens with one attached hydrogen (secondary N) is 1. The SMILES string of the molecule is CCCCNC(=O)C(Cc1ccccc1)N(Cc1ccccc1F)C(=O)CCCN(c1ccccc1OCC)S(C)(=O)=O. The summed E-state index contributed by atoms with van der Waals surface area (Å²) in [6, 6.07) is 21.5. The molecule has 0 aromatic heterocycles. The number of hydrogen-bond donors (Lipinski definition) is 1. The van der Waals surface area contributed by atoms with Gasteiger partial charge in [0, 0.05) is 38.0 Å². The summed E-state index contributed by atoms with van der Waals surface area (Å²) in [6.07, 6.45) is 3.16. The molecule has 0 fully saturated rings. The van der Waals surface area contributed by atoms with Crippen LogP contribution in [0.15, 0.2) is 78.9 Å². The van der Waals surface area contributed by atoms with Crippen LogP contribution >= 0.6 is 0 Å². The first kappa shape index (κ1) is 33.6. The highest BCUT2D eigenvalue weighted by molar-refractivity contribution is 7.92. The van der Waals surface area contributed by atoms with Crippen LogP contribution in [0.2, 0.25) is 0 Å². The molecule has 43 heavy (non-hydrogen) atoms. The van der Waals surface area contributed by atoms with E-state index in [0.29, 0.717) is 30.2 Å². The van der Waals surface area contributed by atoms with Gasteiger partial charge in [0.25, 0.3) is 0 Å². The maximum atomic E-state index is 14.8. The van der Waals surface area contributed by atoms with Crippen molar-refractivity contribution < 1.29 is 27.1 Å². The van der Waals surface area contributed by atoms with Crippen LogP contribution in [0.4, 0.5) is 10.1 Å². The summed E-state index contributed by atoms with van der Waals surface area (Å²) in [5.41, 5.74) is 1.54. The molecule has 0 heterocycles. The van der Waals surface area contributed by atoms with Crippen molar-refractivity contribution in [2.75, 3.05) is 30.3 Å². The zero-order chi connectivity index (χ0) is 31.2. The van der Waals surface area contributed by atoms with Gasteiger partial charge in [0.1, 0.15) is 17.6 Å². The molecule has 3 aromatic rings. The van der Waals surface area contributed by atoms with Gasteiger partial charge in [0.2, 0.25) is 21.8 Å². The van der Waals surface area contributed by atoms with Gasteiger partial charge in [-0.2, -0.15) is 0 Å². The van der Waals surface area contributed by atoms with Gasteiger partial charge in [-0.15, -0.1) is 0 Å². The number of carbonyl (C=O) groups excluding carboxylic acids is 2. The maximum absolute atomic E-state index is 14.8. The molecule has 0 spiro atoms. The number of anilines is 1. The van der Waals surface area contributed by atoms with Gasteiger partial charge in [-0.25, -0.2) is 12.8 Å². The fourth-order valence-electron chi connectivity index (χ4n) is 4.79. The normalized spacial score (nSPS) is 11.9. The van der Waals surface area contributed by atoms with Crippen LogP contribution in [-0.2, 0) is 32.6 Å². The van der Waals surface area contributed by atoms with Gasteiger partial charge < -0.3 is 15.0 Å². The van der Waals surface area contributed by atoms with Crippen molar-refractivity contribution in [1.82, 2.24) is 10.2 Å². The molecule has 0 radical (unpaired) electrons. The number of sulfonamides is 1. The molecule has 0 saturated carbocycles. The van der Waals surface area contributed by atoms with E-state index >= 15 is 0 Å². The Bertz CT molecular complexity index is 1440. The van der Waals surface area contributed by atoms with E-state index in [2.05, 4.69) is 5.32 Å². The molecule has 1 N–H and O–H groups in total. The number of unbranched alkanes of at least 4 members (excludes halogenated alkanes) is 1. The van der Waals surface area contributed by atoms with Crippen molar-refractivity contribution in [2.45, 2.75) is 58.5 Å². The Balaban J connectivity index is 1.89. The fraction of sp³-hybridized carbons (Fsp3) is 0.394. The molecule has 0 aliphatic carbocycles. The molecular weight excluding hydrogens is 569 g/mol. The highest BCUT2D eigenvalue weighted by atomic mass is 32.2. The van der Waals surface area contributed by atoms with E-state index in [1.165, 1.54) is 15.3 Å². The average molecular weight is 612 g/mol. The number of benzene rings is 3. The first-order chi connectivity index (χ1) is 20.7. The fourth-order valence-corrected chi connectivity index (χ4v) is 5.76. The lowest BCUT2D eigenvalue weighted by Crippen LogP contribution is -2.50. The van der Waals surface area contributed by atoms with E-state index in [0.717, 1.165) is 24.7 Å². The second kappa shape index (κ2) is 16.6. The standard InChI is InChI=1S/C33H42FN3O5S/c1-4-6-22-35-33(39)30(24-26-15-8-7-9-16-26)36(25-27-17-10-11-18-28(27)34)32(38)21-14-23-37(43(3,40)41)29-19-12-13-20-31(29)42-5-2/h7-13,15-20,30H,4-6,14,21-25H2,1-3H3,(H,35,39). The van der Waals surface area contributed by atoms with Crippen LogP contribution in [0.5, 0.6) is 5.75 Å². The van der Waals surface area contributed by atoms with Gasteiger partial charge >= 0.3 is 0 Å². The van der Waals surface area contributed by atoms with Crippen molar-refractivity contribution in [2.24, 2.45) is 0 Å². The largest absolute Gasteiger partial charge is 0.492 e. The van der Waals surface area contributed by atoms with Crippen molar-refractivity contribution in [3.8, 4) is 5.75 Å². The number of nitrogens with zero attached hydrogens (tertiary/aromatic N) is 2. The zero-order valence-electron chi connectivity index (χ0n) is 25.2. The van der Waals surface area contributed by atoms with E-state index in [4.69, 9.17) is 4.74 Å². The Morgan fingerprint density at radius 1 is 0.930 bits per heavy atom. The highest BCUT2D eigenvalue weighted by Crippen LogP contribution is 2.30. The van der Waals surface area contributed by atoms with Crippen molar-refractivity contribution in [1.29, 1.82) is 0 Å². The molecule has 8 nitrogen and oxygen atoms in total. The number of rotatable bonds is 17. The summed E-state index contributed by atoms with van der Waals surface area (Å²) in [4.78, 5) is 28.9. The van der Waals surface area contributed by atoms with E-state index in [1.54, 1.807) is 42.5 Å². The maximum Gasteiger partial charge on any atom is 0.243 e. The monoisotopic (exact) mass is 611 g/mol. The highest BCUT2D eigenvalue weighted by Gasteiger charge is 2.31. The molecule has 0 saturated heterocycles. The van der Waals surface area contributed by atoms with Crippen LogP contribution in [0.25, 0.3) is 0 Å². The number of carbonyl (C=O) groups is 2. The Kier molecular flexibility index (Phi) is 13.0. The Hall–Kier alpha value is -3.92. The summed E-state index contributed by atoms with van der Waals surface area (Å²) in [6.45, 7) is 4.58. The second-order valence-corrected chi connectivity index (χ2v) is 12.2. The smallest absolute Gasteiger partial charge is 0.243 e. The number of hydrogen-bond acceptors (Lipinski definition) is 5. The van der Waals surface area contributed by atoms with Crippen LogP contribution in [0, 0.1) is 5.82 Å². The minimum Gasteiger partial charge on any atom is -0.492 e. The number of para-hydroxylation sites is 2. The topological polar surface area (TPSA) is 96.0 Å². The molecule has 3 rings (SSSR count). The first-order valence-electron chi connectivity index (χ1n) is 14.7. The predicted molar refractivity (Wildman–Crippen MR) is 168 cm³/mol. The summed E-state index contributed by atoms with van der Waals surface area (Å²) >= 11 is 0. The molecule has 232 valence electrons. The average Bonchev–Trinajstić information content (AvgIpc) is 2.98. The summed E-state index contributed by atoms with van der Waals surface area (Å²) < 4.78 is 47.3. The minimum atomic E-state index is -3.70. The third-order valence-corrected chi connectivity index (χ3v) is 8.17. The van der Waals surface area contributed by atoms with E-state index in [-0.39, 0.29) is 44.2 Å². The molecule has 3 aromatic carbocycles. The van der Waals surface area contributed by atoms with E-state index in [1.807, 2.05) is 44.2 Å². The lowest BCUT2D eigenvalue weighted by Gasteiger charge is -2.32. The quantitative estimate of drug-likeness (QED) is 0.208. The van der Waals surface area contributed by atoms with Gasteiger partial charge in [-0.1, -0.05) is 74.0 Å². The van der Waals surface area contributed by atoms with Gasteiger partial charge in [0.15, 0.2) is 0 Å². The van der Waals surface area contributed by atoms with E-state index in [9.17, 15) is 22.4 Å². The molecule has 1 unspecified atom stereocenters. The number of halogens is 1. The second-order valence-electron chi connectivity index (χ2n) is 10.3. The summed E-state index contributed by atoms with van der Waals surface area (Å²) in [5, 5.41) is 2.95. The number of ether oxygens (including phenoxy) is 1. The summed E-state index contributed by atoms with van der Waals surface area (Å²) in [5.74, 6) is -0.734. The van der Waals surface area contributed by atoms with Crippen LogP contribution in [-0.4, -0.2) is 57.1 Å². The van der Waals surface area contributed by atoms with Gasteiger partial charge in [-0.3, -0.25) is 13.9 Å². The van der Waals surface area contributed by atoms with Crippen LogP contribution < -0.4 is 14.4 Å². The Morgan fingerprint density at radius 2 is 1.60 bits per heavy atom. The lowest BCUT2D eigenvalue weighted by atomic mass is 10.0. The minimum absolute atomic E-state index is 0.0221. The van der Waals surface area contributed by atoms with Crippen molar-refractivity contribution in [3.05, 3.63) is 95.8 Å². The first-order valence-corrected chi connectivity index (χ1v) is 16.5. The molecule has 2 amide bonds. The van der Waals surface area contributed by atoms with Crippen molar-refractivity contribution >= 4 is 27.5 Å². The molecule has 10 heteroatoms. The number of amides is 2. The third kappa shape index (κ3) is 10.1. The Labute approximate surface area is 254 Å². The molecule has 1 atom stereocenters. The van der Waals surface area contributed by atoms with Crippen molar-refractivity contribution in [3.63, 3.8) is 0 Å². The molecular formula is C33H42FN3O5S. The third-order valence-electron chi connectivity index (χ3n) is 6.99. The lowest BCUT2D eigenvalue weighted by molar-refractivity contribution is -0.141. The van der Waals surface area contributed by atoms with Gasteiger partial charge in [-0.05, 0) is 43.5 Å². The van der Waals surface area contributed by atoms with Crippen LogP contribution in [0.3, 0.4) is 0 Å². The predicted octanol–water partition coefficient (Wildman–Crippen LogP) is 5.33. The Morgan fingerprint density at radius 3 is 2.28 bits per heavy atom. The van der Waals surface area contributed by atoms with Crippen LogP contribution in [0.1, 0.15) is 50.7 Å². The zero-order valence-corrected chi connectivity index (χ0v) is 26.0. The molecule has 0 aliphatic rings. The van der Waals surface area contributed by atoms with E-state index < -0.39 is 21.9 Å². The van der Waals surface area contributed by atoms with Gasteiger partial charge in [0.05, 0.1) is 18.6 Å². The summed E-state index contributed by atoms with van der Waals surface area (Å²) in [7, 11) is -3.70. The molecule has 0 aliphatic heterocycles. The molecule has 0 bridgehead atoms.